The van der Waals surface area contributed by atoms with Gasteiger partial charge in [0.05, 0.1) is 19.8 Å². The number of aliphatic carboxylic acids is 1. The minimum Gasteiger partial charge on any atom is -0.478 e. The summed E-state index contributed by atoms with van der Waals surface area (Å²) in [5, 5.41) is 8.40. The van der Waals surface area contributed by atoms with E-state index in [1.165, 1.54) is 6.08 Å². The van der Waals surface area contributed by atoms with Gasteiger partial charge in [-0.2, -0.15) is 0 Å². The predicted octanol–water partition coefficient (Wildman–Crippen LogP) is 0.370. The lowest BCUT2D eigenvalue weighted by Gasteiger charge is -2.00. The van der Waals surface area contributed by atoms with Gasteiger partial charge in [-0.25, -0.2) is 14.6 Å². The van der Waals surface area contributed by atoms with Gasteiger partial charge < -0.3 is 9.84 Å². The summed E-state index contributed by atoms with van der Waals surface area (Å²) in [7, 11) is 0. The number of hydrogen-bond acceptors (Lipinski definition) is 4. The van der Waals surface area contributed by atoms with E-state index in [0.717, 1.165) is 0 Å². The Hall–Kier alpha value is -1.45. The Labute approximate surface area is 75.7 Å². The Morgan fingerprint density at radius 3 is 2.77 bits per heavy atom. The van der Waals surface area contributed by atoms with Crippen LogP contribution in [0.3, 0.4) is 0 Å². The molecule has 0 aliphatic heterocycles. The molecule has 0 amide bonds. The van der Waals surface area contributed by atoms with Crippen LogP contribution >= 0.6 is 0 Å². The predicted molar refractivity (Wildman–Crippen MR) is 45.2 cm³/mol. The lowest BCUT2D eigenvalue weighted by molar-refractivity contribution is -0.132. The zero-order valence-electron chi connectivity index (χ0n) is 7.15. The molecule has 5 nitrogen and oxygen atoms in total. The lowest BCUT2D eigenvalue weighted by Crippen LogP contribution is -2.05. The van der Waals surface area contributed by atoms with Gasteiger partial charge >= 0.3 is 5.97 Å². The van der Waals surface area contributed by atoms with E-state index < -0.39 is 5.97 Å². The summed E-state index contributed by atoms with van der Waals surface area (Å²) in [6, 6.07) is 0. The normalized spacial score (nSPS) is 8.92. The molecule has 72 valence electrons. The van der Waals surface area contributed by atoms with Crippen LogP contribution in [-0.4, -0.2) is 36.9 Å². The van der Waals surface area contributed by atoms with Crippen LogP contribution in [-0.2, 0) is 14.3 Å². The Morgan fingerprint density at radius 2 is 2.23 bits per heavy atom. The molecule has 5 heteroatoms. The summed E-state index contributed by atoms with van der Waals surface area (Å²) < 4.78 is 4.96. The number of hydrogen-bond donors (Lipinski definition) is 1. The Morgan fingerprint density at radius 1 is 1.54 bits per heavy atom. The summed E-state index contributed by atoms with van der Waals surface area (Å²) in [4.78, 5) is 23.1. The first-order valence-electron chi connectivity index (χ1n) is 3.71. The first-order valence-corrected chi connectivity index (χ1v) is 3.71. The fourth-order valence-electron chi connectivity index (χ4n) is 0.560. The van der Waals surface area contributed by atoms with E-state index in [4.69, 9.17) is 9.84 Å². The molecular formula is C8H11NO4. The molecule has 0 unspecified atom stereocenters. The number of rotatable bonds is 7. The average Bonchev–Trinajstić information content (AvgIpc) is 2.10. The molecule has 0 heterocycles. The van der Waals surface area contributed by atoms with Crippen LogP contribution in [0.4, 0.5) is 0 Å². The molecule has 13 heavy (non-hydrogen) atoms. The highest BCUT2D eigenvalue weighted by molar-refractivity contribution is 5.85. The van der Waals surface area contributed by atoms with Crippen molar-refractivity contribution >= 4 is 12.0 Å². The van der Waals surface area contributed by atoms with Crippen molar-refractivity contribution in [2.45, 2.75) is 6.42 Å². The molecule has 0 aliphatic carbocycles. The topological polar surface area (TPSA) is 76.0 Å². The third-order valence-corrected chi connectivity index (χ3v) is 1.26. The van der Waals surface area contributed by atoms with E-state index in [1.807, 2.05) is 0 Å². The van der Waals surface area contributed by atoms with Gasteiger partial charge in [0.1, 0.15) is 0 Å². The second-order valence-corrected chi connectivity index (χ2v) is 2.24. The Kier molecular flexibility index (Phi) is 6.41. The fourth-order valence-corrected chi connectivity index (χ4v) is 0.560. The molecule has 0 aromatic rings. The molecule has 0 fully saturated rings. The molecule has 0 aromatic heterocycles. The van der Waals surface area contributed by atoms with Crippen LogP contribution < -0.4 is 0 Å². The summed E-state index contributed by atoms with van der Waals surface area (Å²) in [6.45, 7) is 4.15. The monoisotopic (exact) mass is 185 g/mol. The summed E-state index contributed by atoms with van der Waals surface area (Å²) in [5.74, 6) is -1.02. The number of nitrogens with zero attached hydrogens (tertiary/aromatic N) is 1. The molecular weight excluding hydrogens is 174 g/mol. The summed E-state index contributed by atoms with van der Waals surface area (Å²) in [6.07, 6.45) is 1.65. The van der Waals surface area contributed by atoms with E-state index in [9.17, 15) is 9.59 Å². The van der Waals surface area contributed by atoms with Gasteiger partial charge in [0.25, 0.3) is 0 Å². The number of carboxylic acid groups (broad SMARTS) is 1. The van der Waals surface area contributed by atoms with Crippen molar-refractivity contribution in [2.75, 3.05) is 19.8 Å². The SMILES string of the molecule is C=C(CCOCCN=C=O)C(=O)O. The molecule has 0 bridgehead atoms. The maximum Gasteiger partial charge on any atom is 0.331 e. The number of carbonyl (C=O) groups excluding carboxylic acids is 1. The molecule has 0 rings (SSSR count). The first-order chi connectivity index (χ1) is 6.18. The van der Waals surface area contributed by atoms with E-state index in [0.29, 0.717) is 6.61 Å². The molecule has 1 N–H and O–H groups in total. The van der Waals surface area contributed by atoms with Gasteiger partial charge in [-0.3, -0.25) is 0 Å². The molecule has 0 radical (unpaired) electrons. The standard InChI is InChI=1S/C8H11NO4/c1-7(8(11)12)2-4-13-5-3-9-6-10/h1-5H2,(H,11,12). The zero-order chi connectivity index (χ0) is 10.1. The second-order valence-electron chi connectivity index (χ2n) is 2.24. The van der Waals surface area contributed by atoms with Crippen LogP contribution in [0.1, 0.15) is 6.42 Å². The molecule has 0 saturated heterocycles. The van der Waals surface area contributed by atoms with Crippen molar-refractivity contribution in [3.63, 3.8) is 0 Å². The van der Waals surface area contributed by atoms with Crippen LogP contribution in [0.15, 0.2) is 17.1 Å². The van der Waals surface area contributed by atoms with E-state index in [2.05, 4.69) is 11.6 Å². The highest BCUT2D eigenvalue weighted by Gasteiger charge is 2.02. The maximum atomic E-state index is 10.2. The van der Waals surface area contributed by atoms with Crippen molar-refractivity contribution in [1.82, 2.24) is 0 Å². The van der Waals surface area contributed by atoms with Gasteiger partial charge in [0.15, 0.2) is 0 Å². The summed E-state index contributed by atoms with van der Waals surface area (Å²) >= 11 is 0. The fraction of sp³-hybridized carbons (Fsp3) is 0.500. The number of carbonyl (C=O) groups is 1. The third-order valence-electron chi connectivity index (χ3n) is 1.26. The van der Waals surface area contributed by atoms with Gasteiger partial charge in [0, 0.05) is 12.0 Å². The van der Waals surface area contributed by atoms with E-state index in [1.54, 1.807) is 0 Å². The summed E-state index contributed by atoms with van der Waals surface area (Å²) in [5.41, 5.74) is 0.110. The highest BCUT2D eigenvalue weighted by Crippen LogP contribution is 1.97. The van der Waals surface area contributed by atoms with Crippen LogP contribution in [0.25, 0.3) is 0 Å². The quantitative estimate of drug-likeness (QED) is 0.269. The first kappa shape index (κ1) is 11.6. The van der Waals surface area contributed by atoms with Crippen molar-refractivity contribution < 1.29 is 19.4 Å². The minimum atomic E-state index is -1.02. The van der Waals surface area contributed by atoms with Gasteiger partial charge in [-0.05, 0) is 0 Å². The van der Waals surface area contributed by atoms with Gasteiger partial charge in [0.2, 0.25) is 6.08 Å². The Bertz CT molecular complexity index is 230. The van der Waals surface area contributed by atoms with Crippen LogP contribution in [0, 0.1) is 0 Å². The molecule has 0 aromatic carbocycles. The van der Waals surface area contributed by atoms with E-state index >= 15 is 0 Å². The smallest absolute Gasteiger partial charge is 0.331 e. The molecule has 0 saturated carbocycles. The molecule has 0 spiro atoms. The van der Waals surface area contributed by atoms with Gasteiger partial charge in [-0.15, -0.1) is 0 Å². The van der Waals surface area contributed by atoms with Crippen molar-refractivity contribution in [3.8, 4) is 0 Å². The minimum absolute atomic E-state index is 0.110. The van der Waals surface area contributed by atoms with Crippen molar-refractivity contribution in [2.24, 2.45) is 4.99 Å². The van der Waals surface area contributed by atoms with Gasteiger partial charge in [-0.1, -0.05) is 6.58 Å². The maximum absolute atomic E-state index is 10.2. The number of ether oxygens (including phenoxy) is 1. The average molecular weight is 185 g/mol. The number of aliphatic imine (C=N–C) groups is 1. The number of carboxylic acids is 1. The molecule has 0 aliphatic rings. The van der Waals surface area contributed by atoms with Crippen LogP contribution in [0.5, 0.6) is 0 Å². The molecule has 0 atom stereocenters. The van der Waals surface area contributed by atoms with E-state index in [-0.39, 0.29) is 25.1 Å². The largest absolute Gasteiger partial charge is 0.478 e. The van der Waals surface area contributed by atoms with Crippen molar-refractivity contribution in [3.05, 3.63) is 12.2 Å². The lowest BCUT2D eigenvalue weighted by atomic mass is 10.2. The number of isocyanates is 1. The highest BCUT2D eigenvalue weighted by atomic mass is 16.5. The Balaban J connectivity index is 3.30. The third kappa shape index (κ3) is 6.93. The zero-order valence-corrected chi connectivity index (χ0v) is 7.15. The van der Waals surface area contributed by atoms with Crippen molar-refractivity contribution in [1.29, 1.82) is 0 Å². The van der Waals surface area contributed by atoms with Crippen LogP contribution in [0.2, 0.25) is 0 Å². The second kappa shape index (κ2) is 7.21.